The minimum Gasteiger partial charge on any atom is -0.507 e. The average molecular weight is 518 g/mol. The van der Waals surface area contributed by atoms with E-state index in [4.69, 9.17) is 23.7 Å². The number of nitrogens with zero attached hydrogens (tertiary/aromatic N) is 1. The number of carbonyl (C=O) groups excluding carboxylic acids is 1. The Morgan fingerprint density at radius 2 is 1.91 bits per heavy atom. The molecule has 196 valence electrons. The van der Waals surface area contributed by atoms with Gasteiger partial charge < -0.3 is 49.2 Å². The van der Waals surface area contributed by atoms with Gasteiger partial charge in [-0.05, 0) is 19.1 Å². The van der Waals surface area contributed by atoms with Crippen LogP contribution in [0, 0.1) is 0 Å². The second-order valence-corrected chi connectivity index (χ2v) is 9.18. The van der Waals surface area contributed by atoms with E-state index < -0.39 is 48.8 Å². The average Bonchev–Trinajstić information content (AvgIpc) is 3.24. The van der Waals surface area contributed by atoms with E-state index in [0.29, 0.717) is 42.8 Å². The Hall–Kier alpha value is -1.97. The van der Waals surface area contributed by atoms with Crippen molar-refractivity contribution in [1.29, 1.82) is 0 Å². The van der Waals surface area contributed by atoms with Crippen molar-refractivity contribution in [3.63, 3.8) is 0 Å². The van der Waals surface area contributed by atoms with Gasteiger partial charge in [0.2, 0.25) is 6.29 Å². The third-order valence-corrected chi connectivity index (χ3v) is 6.77. The molecule has 1 aromatic rings. The fraction of sp³-hybridized carbons (Fsp3) is 0.636. The molecule has 3 unspecified atom stereocenters. The molecule has 0 aromatic heterocycles. The summed E-state index contributed by atoms with van der Waals surface area (Å²) in [4.78, 5) is 17.3. The number of carbonyl (C=O) groups is 1. The highest BCUT2D eigenvalue weighted by atomic mass is 32.2. The molecule has 3 rings (SSSR count). The molecule has 13 heteroatoms. The van der Waals surface area contributed by atoms with Gasteiger partial charge in [-0.3, -0.25) is 4.99 Å². The van der Waals surface area contributed by atoms with Gasteiger partial charge in [0.1, 0.15) is 47.6 Å². The third-order valence-electron chi connectivity index (χ3n) is 5.48. The highest BCUT2D eigenvalue weighted by Gasteiger charge is 2.48. The molecule has 0 aliphatic carbocycles. The first-order chi connectivity index (χ1) is 16.7. The van der Waals surface area contributed by atoms with Crippen molar-refractivity contribution in [3.8, 4) is 11.5 Å². The number of hydrogen-bond acceptors (Lipinski definition) is 13. The van der Waals surface area contributed by atoms with E-state index in [1.807, 2.05) is 0 Å². The van der Waals surface area contributed by atoms with E-state index in [1.165, 1.54) is 24.8 Å². The second-order valence-electron chi connectivity index (χ2n) is 8.21. The quantitative estimate of drug-likeness (QED) is 0.180. The summed E-state index contributed by atoms with van der Waals surface area (Å²) >= 11 is 1.23. The Bertz CT molecular complexity index is 898. The predicted molar refractivity (Wildman–Crippen MR) is 124 cm³/mol. The van der Waals surface area contributed by atoms with E-state index in [1.54, 1.807) is 19.2 Å². The van der Waals surface area contributed by atoms with Gasteiger partial charge in [-0.2, -0.15) is 0 Å². The molecular formula is C22H31NO11S. The van der Waals surface area contributed by atoms with Gasteiger partial charge in [0.15, 0.2) is 5.54 Å². The molecule has 5 N–H and O–H groups in total. The second kappa shape index (κ2) is 12.3. The lowest BCUT2D eigenvalue weighted by Gasteiger charge is -2.39. The Labute approximate surface area is 206 Å². The van der Waals surface area contributed by atoms with E-state index in [9.17, 15) is 30.3 Å². The van der Waals surface area contributed by atoms with Gasteiger partial charge in [-0.25, -0.2) is 4.79 Å². The lowest BCUT2D eigenvalue weighted by molar-refractivity contribution is -0.293. The fourth-order valence-corrected chi connectivity index (χ4v) is 4.58. The monoisotopic (exact) mass is 517 g/mol. The Morgan fingerprint density at radius 3 is 2.60 bits per heavy atom. The Kier molecular flexibility index (Phi) is 9.72. The Morgan fingerprint density at radius 1 is 1.17 bits per heavy atom. The molecule has 0 amide bonds. The molecule has 0 saturated carbocycles. The van der Waals surface area contributed by atoms with E-state index in [0.717, 1.165) is 0 Å². The first-order valence-corrected chi connectivity index (χ1v) is 12.0. The van der Waals surface area contributed by atoms with Crippen LogP contribution in [0.4, 0.5) is 0 Å². The Balaban J connectivity index is 1.61. The summed E-state index contributed by atoms with van der Waals surface area (Å²) in [6.07, 6.45) is -7.74. The summed E-state index contributed by atoms with van der Waals surface area (Å²) in [5.74, 6) is -0.289. The number of aliphatic hydroxyl groups excluding tert-OH is 4. The molecule has 35 heavy (non-hydrogen) atoms. The molecule has 1 aromatic carbocycles. The first kappa shape index (κ1) is 27.6. The van der Waals surface area contributed by atoms with Crippen molar-refractivity contribution >= 4 is 22.8 Å². The SMILES string of the molecule is COCCOCCOc1ccc(C2=N[C@@](C)(C(=O)O[C@@H]3OC(CO)[C@@H](O)C(O)C3O)CS2)c(O)c1. The highest BCUT2D eigenvalue weighted by molar-refractivity contribution is 8.14. The number of thioether (sulfide) groups is 1. The van der Waals surface area contributed by atoms with Gasteiger partial charge in [0.05, 0.1) is 26.4 Å². The lowest BCUT2D eigenvalue weighted by atomic mass is 9.99. The van der Waals surface area contributed by atoms with Crippen LogP contribution in [0.2, 0.25) is 0 Å². The number of esters is 1. The molecule has 0 bridgehead atoms. The van der Waals surface area contributed by atoms with Crippen LogP contribution >= 0.6 is 11.8 Å². The maximum Gasteiger partial charge on any atom is 0.337 e. The maximum atomic E-state index is 12.8. The van der Waals surface area contributed by atoms with Crippen LogP contribution in [0.1, 0.15) is 12.5 Å². The highest BCUT2D eigenvalue weighted by Crippen LogP contribution is 2.36. The summed E-state index contributed by atoms with van der Waals surface area (Å²) < 4.78 is 26.2. The van der Waals surface area contributed by atoms with Crippen LogP contribution in [0.5, 0.6) is 11.5 Å². The predicted octanol–water partition coefficient (Wildman–Crippen LogP) is -0.971. The number of hydrogen-bond donors (Lipinski definition) is 5. The number of benzene rings is 1. The number of phenolic OH excluding ortho intramolecular Hbond substituents is 1. The number of ether oxygens (including phenoxy) is 5. The number of aliphatic imine (C=N–C) groups is 1. The number of methoxy groups -OCH3 is 1. The van der Waals surface area contributed by atoms with Crippen molar-refractivity contribution < 1.29 is 54.0 Å². The normalized spacial score (nSPS) is 30.7. The largest absolute Gasteiger partial charge is 0.507 e. The number of rotatable bonds is 11. The topological polar surface area (TPSA) is 177 Å². The fourth-order valence-electron chi connectivity index (χ4n) is 3.38. The zero-order valence-electron chi connectivity index (χ0n) is 19.4. The number of aromatic hydroxyl groups is 1. The molecule has 0 radical (unpaired) electrons. The van der Waals surface area contributed by atoms with E-state index in [2.05, 4.69) is 4.99 Å². The standard InChI is InChI=1S/C22H31NO11S/c1-22(21(29)34-20-18(28)17(27)16(26)15(10-24)33-20)11-35-19(23-22)13-4-3-12(9-14(13)25)32-8-7-31-6-5-30-2/h3-4,9,15-18,20,24-28H,5-8,10-11H2,1-2H3/t15?,16-,17?,18?,20+,22-/m1/s1. The minimum absolute atomic E-state index is 0.0828. The first-order valence-electron chi connectivity index (χ1n) is 11.0. The zero-order chi connectivity index (χ0) is 25.6. The molecule has 0 spiro atoms. The van der Waals surface area contributed by atoms with Gasteiger partial charge in [-0.15, -0.1) is 11.8 Å². The van der Waals surface area contributed by atoms with Crippen LogP contribution < -0.4 is 4.74 Å². The maximum absolute atomic E-state index is 12.8. The van der Waals surface area contributed by atoms with Crippen LogP contribution in [-0.2, 0) is 23.7 Å². The zero-order valence-corrected chi connectivity index (χ0v) is 20.2. The summed E-state index contributed by atoms with van der Waals surface area (Å²) in [5.41, 5.74) is -0.956. The van der Waals surface area contributed by atoms with Crippen molar-refractivity contribution in [2.75, 3.05) is 45.9 Å². The van der Waals surface area contributed by atoms with Crippen molar-refractivity contribution in [2.24, 2.45) is 4.99 Å². The molecular weight excluding hydrogens is 486 g/mol. The van der Waals surface area contributed by atoms with Crippen LogP contribution in [-0.4, -0.2) is 119 Å². The van der Waals surface area contributed by atoms with Crippen molar-refractivity contribution in [1.82, 2.24) is 0 Å². The van der Waals surface area contributed by atoms with Gasteiger partial charge in [0.25, 0.3) is 0 Å². The van der Waals surface area contributed by atoms with Gasteiger partial charge >= 0.3 is 5.97 Å². The summed E-state index contributed by atoms with van der Waals surface area (Å²) in [6.45, 7) is 2.48. The van der Waals surface area contributed by atoms with Gasteiger partial charge in [0, 0.05) is 24.5 Å². The van der Waals surface area contributed by atoms with Crippen LogP contribution in [0.15, 0.2) is 23.2 Å². The van der Waals surface area contributed by atoms with Crippen LogP contribution in [0.3, 0.4) is 0 Å². The van der Waals surface area contributed by atoms with Crippen LogP contribution in [0.25, 0.3) is 0 Å². The minimum atomic E-state index is -1.71. The smallest absolute Gasteiger partial charge is 0.337 e. The summed E-state index contributed by atoms with van der Waals surface area (Å²) in [7, 11) is 1.59. The molecule has 1 fully saturated rings. The third kappa shape index (κ3) is 6.62. The molecule has 2 aliphatic rings. The summed E-state index contributed by atoms with van der Waals surface area (Å²) in [6, 6.07) is 4.72. The molecule has 2 heterocycles. The van der Waals surface area contributed by atoms with Crippen molar-refractivity contribution in [3.05, 3.63) is 23.8 Å². The van der Waals surface area contributed by atoms with E-state index in [-0.39, 0.29) is 11.5 Å². The van der Waals surface area contributed by atoms with E-state index >= 15 is 0 Å². The van der Waals surface area contributed by atoms with Crippen molar-refractivity contribution in [2.45, 2.75) is 43.2 Å². The number of phenols is 1. The molecule has 2 aliphatic heterocycles. The number of aliphatic hydroxyl groups is 4. The molecule has 1 saturated heterocycles. The molecule has 6 atom stereocenters. The van der Waals surface area contributed by atoms with Gasteiger partial charge in [-0.1, -0.05) is 0 Å². The summed E-state index contributed by atoms with van der Waals surface area (Å²) in [5, 5.41) is 50.0. The lowest BCUT2D eigenvalue weighted by Crippen LogP contribution is -2.60. The molecule has 12 nitrogen and oxygen atoms in total.